The van der Waals surface area contributed by atoms with Gasteiger partial charge in [0.25, 0.3) is 10.0 Å². The van der Waals surface area contributed by atoms with Gasteiger partial charge < -0.3 is 5.32 Å². The number of thiophene rings is 1. The van der Waals surface area contributed by atoms with Crippen LogP contribution in [0, 0.1) is 0 Å². The van der Waals surface area contributed by atoms with E-state index in [0.29, 0.717) is 21.8 Å². The van der Waals surface area contributed by atoms with Crippen molar-refractivity contribution in [3.63, 3.8) is 0 Å². The molecule has 1 aliphatic heterocycles. The van der Waals surface area contributed by atoms with Gasteiger partial charge in [0.05, 0.1) is 9.47 Å². The van der Waals surface area contributed by atoms with E-state index in [1.165, 1.54) is 15.6 Å². The Balaban J connectivity index is 2.02. The number of sulfonamides is 1. The van der Waals surface area contributed by atoms with Crippen LogP contribution in [0.2, 0.25) is 0 Å². The van der Waals surface area contributed by atoms with Gasteiger partial charge in [-0.2, -0.15) is 0 Å². The van der Waals surface area contributed by atoms with Gasteiger partial charge in [-0.15, -0.1) is 11.3 Å². The Bertz CT molecular complexity index is 771. The first-order valence-electron chi connectivity index (χ1n) is 6.57. The van der Waals surface area contributed by atoms with Gasteiger partial charge in [0.2, 0.25) is 0 Å². The predicted molar refractivity (Wildman–Crippen MR) is 89.5 cm³/mol. The van der Waals surface area contributed by atoms with Crippen molar-refractivity contribution in [3.8, 4) is 0 Å². The molecule has 1 aromatic carbocycles. The van der Waals surface area contributed by atoms with E-state index in [-0.39, 0.29) is 0 Å². The van der Waals surface area contributed by atoms with Gasteiger partial charge in [0.15, 0.2) is 0 Å². The number of rotatable bonds is 4. The highest BCUT2D eigenvalue weighted by atomic mass is 79.9. The molecular weight excluding hydrogens is 372 g/mol. The molecule has 2 aromatic rings. The topological polar surface area (TPSA) is 49.4 Å². The molecule has 1 aliphatic rings. The maximum Gasteiger partial charge on any atom is 0.266 e. The summed E-state index contributed by atoms with van der Waals surface area (Å²) in [5.74, 6) is 0. The van der Waals surface area contributed by atoms with E-state index in [1.54, 1.807) is 6.07 Å². The fourth-order valence-corrected chi connectivity index (χ4v) is 6.66. The van der Waals surface area contributed by atoms with E-state index in [1.807, 2.05) is 31.3 Å². The molecule has 7 heteroatoms. The number of fused-ring (bicyclic) bond motifs is 1. The Labute approximate surface area is 137 Å². The molecule has 0 amide bonds. The minimum atomic E-state index is -3.51. The molecule has 0 unspecified atom stereocenters. The molecule has 112 valence electrons. The van der Waals surface area contributed by atoms with E-state index in [2.05, 4.69) is 21.2 Å². The zero-order valence-corrected chi connectivity index (χ0v) is 14.7. The van der Waals surface area contributed by atoms with E-state index in [9.17, 15) is 8.42 Å². The van der Waals surface area contributed by atoms with Crippen LogP contribution in [0.4, 0.5) is 5.69 Å². The minimum absolute atomic E-state index is 0.356. The number of para-hydroxylation sites is 1. The van der Waals surface area contributed by atoms with Crippen LogP contribution in [0.1, 0.15) is 10.4 Å². The van der Waals surface area contributed by atoms with Crippen LogP contribution in [0.15, 0.2) is 39.0 Å². The van der Waals surface area contributed by atoms with Crippen molar-refractivity contribution in [2.24, 2.45) is 0 Å². The average molecular weight is 387 g/mol. The molecule has 3 rings (SSSR count). The van der Waals surface area contributed by atoms with Crippen molar-refractivity contribution < 1.29 is 8.42 Å². The first kappa shape index (κ1) is 15.0. The van der Waals surface area contributed by atoms with Gasteiger partial charge in [-0.3, -0.25) is 4.31 Å². The number of hydrogen-bond acceptors (Lipinski definition) is 4. The summed E-state index contributed by atoms with van der Waals surface area (Å²) in [6, 6.07) is 9.43. The van der Waals surface area contributed by atoms with Gasteiger partial charge in [-0.1, -0.05) is 18.2 Å². The highest BCUT2D eigenvalue weighted by molar-refractivity contribution is 9.11. The van der Waals surface area contributed by atoms with E-state index >= 15 is 0 Å². The lowest BCUT2D eigenvalue weighted by Crippen LogP contribution is -2.29. The summed E-state index contributed by atoms with van der Waals surface area (Å²) in [4.78, 5) is 1.35. The molecule has 21 heavy (non-hydrogen) atoms. The van der Waals surface area contributed by atoms with Crippen LogP contribution in [0.3, 0.4) is 0 Å². The van der Waals surface area contributed by atoms with Crippen molar-refractivity contribution in [1.82, 2.24) is 5.32 Å². The average Bonchev–Trinajstić information content (AvgIpc) is 3.03. The molecule has 0 fully saturated rings. The van der Waals surface area contributed by atoms with Crippen molar-refractivity contribution in [3.05, 3.63) is 44.6 Å². The second kappa shape index (κ2) is 5.72. The second-order valence-electron chi connectivity index (χ2n) is 4.84. The summed E-state index contributed by atoms with van der Waals surface area (Å²) in [6.07, 6.45) is 0.764. The molecule has 0 saturated carbocycles. The van der Waals surface area contributed by atoms with E-state index in [0.717, 1.165) is 22.5 Å². The molecule has 1 aromatic heterocycles. The molecule has 0 aliphatic carbocycles. The molecule has 0 saturated heterocycles. The summed E-state index contributed by atoms with van der Waals surface area (Å²) in [5, 5.41) is 3.04. The monoisotopic (exact) mass is 386 g/mol. The third-order valence-corrected chi connectivity index (χ3v) is 7.54. The van der Waals surface area contributed by atoms with Gasteiger partial charge in [0.1, 0.15) is 4.90 Å². The second-order valence-corrected chi connectivity index (χ2v) is 9.12. The smallest absolute Gasteiger partial charge is 0.266 e. The third kappa shape index (κ3) is 2.63. The number of nitrogens with one attached hydrogen (secondary N) is 1. The molecule has 4 nitrogen and oxygen atoms in total. The van der Waals surface area contributed by atoms with Crippen LogP contribution in [-0.2, 0) is 23.0 Å². The molecule has 2 heterocycles. The molecule has 1 N–H and O–H groups in total. The Kier molecular flexibility index (Phi) is 4.09. The fourth-order valence-electron chi connectivity index (χ4n) is 2.51. The Morgan fingerprint density at radius 3 is 2.90 bits per heavy atom. The zero-order valence-electron chi connectivity index (χ0n) is 11.5. The zero-order chi connectivity index (χ0) is 15.0. The minimum Gasteiger partial charge on any atom is -0.315 e. The van der Waals surface area contributed by atoms with Crippen LogP contribution >= 0.6 is 27.3 Å². The lowest BCUT2D eigenvalue weighted by molar-refractivity contribution is 0.592. The number of benzene rings is 1. The summed E-state index contributed by atoms with van der Waals surface area (Å²) in [7, 11) is -1.67. The predicted octanol–water partition coefficient (Wildman–Crippen LogP) is 2.98. The van der Waals surface area contributed by atoms with Crippen molar-refractivity contribution in [2.75, 3.05) is 17.9 Å². The third-order valence-electron chi connectivity index (χ3n) is 3.47. The van der Waals surface area contributed by atoms with E-state index in [4.69, 9.17) is 0 Å². The van der Waals surface area contributed by atoms with Crippen molar-refractivity contribution >= 4 is 43.0 Å². The lowest BCUT2D eigenvalue weighted by Gasteiger charge is -2.19. The molecular formula is C14H15BrN2O2S2. The van der Waals surface area contributed by atoms with Gasteiger partial charge >= 0.3 is 0 Å². The Morgan fingerprint density at radius 2 is 2.14 bits per heavy atom. The SMILES string of the molecule is CNCc1cc(S(=O)(=O)N2CCc3ccccc32)c(Br)s1. The van der Waals surface area contributed by atoms with Gasteiger partial charge in [-0.05, 0) is 47.1 Å². The molecule has 0 spiro atoms. The number of nitrogens with zero attached hydrogens (tertiary/aromatic N) is 1. The number of halogens is 1. The van der Waals surface area contributed by atoms with Gasteiger partial charge in [0, 0.05) is 18.0 Å². The van der Waals surface area contributed by atoms with Crippen molar-refractivity contribution in [2.45, 2.75) is 17.9 Å². The first-order chi connectivity index (χ1) is 10.0. The van der Waals surface area contributed by atoms with E-state index < -0.39 is 10.0 Å². The molecule has 0 bridgehead atoms. The van der Waals surface area contributed by atoms with Crippen LogP contribution in [0.5, 0.6) is 0 Å². The number of hydrogen-bond donors (Lipinski definition) is 1. The van der Waals surface area contributed by atoms with Crippen LogP contribution in [-0.4, -0.2) is 22.0 Å². The molecule has 0 radical (unpaired) electrons. The number of anilines is 1. The largest absolute Gasteiger partial charge is 0.315 e. The first-order valence-corrected chi connectivity index (χ1v) is 9.62. The Hall–Kier alpha value is -0.890. The summed E-state index contributed by atoms with van der Waals surface area (Å²) in [5.41, 5.74) is 1.88. The van der Waals surface area contributed by atoms with Gasteiger partial charge in [-0.25, -0.2) is 8.42 Å². The Morgan fingerprint density at radius 1 is 1.38 bits per heavy atom. The molecule has 0 atom stereocenters. The van der Waals surface area contributed by atoms with Crippen molar-refractivity contribution in [1.29, 1.82) is 0 Å². The van der Waals surface area contributed by atoms with Crippen LogP contribution < -0.4 is 9.62 Å². The normalized spacial score (nSPS) is 14.5. The summed E-state index contributed by atoms with van der Waals surface area (Å²) in [6.45, 7) is 1.17. The van der Waals surface area contributed by atoms with Crippen LogP contribution in [0.25, 0.3) is 0 Å². The maximum atomic E-state index is 12.9. The highest BCUT2D eigenvalue weighted by Crippen LogP contribution is 2.38. The highest BCUT2D eigenvalue weighted by Gasteiger charge is 2.32. The fraction of sp³-hybridized carbons (Fsp3) is 0.286. The quantitative estimate of drug-likeness (QED) is 0.878. The standard InChI is InChI=1S/C14H15BrN2O2S2/c1-16-9-11-8-13(14(15)20-11)21(18,19)17-7-6-10-4-2-3-5-12(10)17/h2-5,8,16H,6-7,9H2,1H3. The maximum absolute atomic E-state index is 12.9. The lowest BCUT2D eigenvalue weighted by atomic mass is 10.2. The summed E-state index contributed by atoms with van der Waals surface area (Å²) >= 11 is 4.85. The summed E-state index contributed by atoms with van der Waals surface area (Å²) < 4.78 is 28.0.